The number of imidazole rings is 1. The Morgan fingerprint density at radius 2 is 1.85 bits per heavy atom. The van der Waals surface area contributed by atoms with Gasteiger partial charge in [-0.05, 0) is 36.8 Å². The van der Waals surface area contributed by atoms with Gasteiger partial charge in [0.2, 0.25) is 0 Å². The van der Waals surface area contributed by atoms with Gasteiger partial charge >= 0.3 is 12.1 Å². The highest BCUT2D eigenvalue weighted by molar-refractivity contribution is 5.82. The molecular formula is C31H29F5N6O5. The Labute approximate surface area is 265 Å². The number of H-pyrrole nitrogens is 1. The van der Waals surface area contributed by atoms with Crippen LogP contribution in [0.5, 0.6) is 5.75 Å². The first-order chi connectivity index (χ1) is 22.6. The highest BCUT2D eigenvalue weighted by atomic mass is 19.4. The van der Waals surface area contributed by atoms with Crippen LogP contribution in [0, 0.1) is 11.6 Å². The van der Waals surface area contributed by atoms with E-state index in [1.807, 2.05) is 6.92 Å². The number of alkyl halides is 3. The normalized spacial score (nSPS) is 13.4. The number of aliphatic hydroxyl groups excluding tert-OH is 1. The number of hydrazone groups is 1. The van der Waals surface area contributed by atoms with E-state index in [4.69, 9.17) is 19.3 Å². The lowest BCUT2D eigenvalue weighted by atomic mass is 10.0. The molecular weight excluding hydrogens is 631 g/mol. The van der Waals surface area contributed by atoms with Crippen LogP contribution in [0.1, 0.15) is 41.9 Å². The van der Waals surface area contributed by atoms with Crippen LogP contribution in [0.3, 0.4) is 0 Å². The molecule has 11 nitrogen and oxygen atoms in total. The van der Waals surface area contributed by atoms with Crippen molar-refractivity contribution >= 4 is 12.2 Å². The number of benzene rings is 2. The van der Waals surface area contributed by atoms with Gasteiger partial charge in [0, 0.05) is 23.5 Å². The second-order valence-corrected chi connectivity index (χ2v) is 10.2. The van der Waals surface area contributed by atoms with Crippen LogP contribution in [-0.4, -0.2) is 75.3 Å². The predicted octanol–water partition coefficient (Wildman–Crippen LogP) is 5.06. The molecule has 248 valence electrons. The fourth-order valence-corrected chi connectivity index (χ4v) is 4.71. The largest absolute Gasteiger partial charge is 0.494 e. The topological polar surface area (TPSA) is 135 Å². The first kappa shape index (κ1) is 33.4. The number of aromatic nitrogens is 4. The van der Waals surface area contributed by atoms with Gasteiger partial charge in [-0.2, -0.15) is 18.3 Å². The van der Waals surface area contributed by atoms with Crippen LogP contribution in [0.15, 0.2) is 53.9 Å². The molecule has 0 radical (unpaired) electrons. The smallest absolute Gasteiger partial charge is 0.417 e. The Bertz CT molecular complexity index is 1730. The van der Waals surface area contributed by atoms with Crippen LogP contribution >= 0.6 is 0 Å². The van der Waals surface area contributed by atoms with E-state index in [1.165, 1.54) is 47.9 Å². The fourth-order valence-electron chi connectivity index (χ4n) is 4.71. The quantitative estimate of drug-likeness (QED) is 0.115. The first-order valence-corrected chi connectivity index (χ1v) is 14.5. The zero-order chi connectivity index (χ0) is 33.6. The first-order valence-electron chi connectivity index (χ1n) is 14.5. The van der Waals surface area contributed by atoms with Crippen molar-refractivity contribution in [2.75, 3.05) is 33.0 Å². The van der Waals surface area contributed by atoms with E-state index in [9.17, 15) is 26.7 Å². The number of rotatable bonds is 13. The Kier molecular flexibility index (Phi) is 10.4. The Hall–Kier alpha value is -4.96. The van der Waals surface area contributed by atoms with Crippen molar-refractivity contribution in [3.63, 3.8) is 0 Å². The van der Waals surface area contributed by atoms with Gasteiger partial charge in [-0.3, -0.25) is 5.01 Å². The lowest BCUT2D eigenvalue weighted by molar-refractivity contribution is -0.152. The van der Waals surface area contributed by atoms with E-state index in [-0.39, 0.29) is 73.7 Å². The summed E-state index contributed by atoms with van der Waals surface area (Å²) in [6.07, 6.45) is -0.389. The molecule has 0 saturated carbocycles. The van der Waals surface area contributed by atoms with Crippen LogP contribution in [0.2, 0.25) is 0 Å². The van der Waals surface area contributed by atoms with Crippen molar-refractivity contribution in [3.8, 4) is 28.5 Å². The van der Waals surface area contributed by atoms with Crippen LogP contribution in [0.4, 0.5) is 22.0 Å². The molecule has 1 atom stereocenters. The highest BCUT2D eigenvalue weighted by Gasteiger charge is 2.36. The molecule has 0 bridgehead atoms. The SMILES string of the molecule is CCCOc1ccc(-c2ncc(C(C(=O)OCCOCCO)N3Cc4nc(-c5cccc(F)c5F)[nH]c4C=N3)cn2)c(C(F)(F)F)c1. The van der Waals surface area contributed by atoms with Gasteiger partial charge in [0.1, 0.15) is 18.2 Å². The lowest BCUT2D eigenvalue weighted by Gasteiger charge is -2.29. The second-order valence-electron chi connectivity index (χ2n) is 10.2. The van der Waals surface area contributed by atoms with Crippen molar-refractivity contribution in [1.82, 2.24) is 24.9 Å². The summed E-state index contributed by atoms with van der Waals surface area (Å²) in [5.41, 5.74) is -0.510. The summed E-state index contributed by atoms with van der Waals surface area (Å²) in [5.74, 6) is -3.11. The summed E-state index contributed by atoms with van der Waals surface area (Å²) < 4.78 is 86.2. The van der Waals surface area contributed by atoms with E-state index in [0.29, 0.717) is 17.8 Å². The third-order valence-corrected chi connectivity index (χ3v) is 6.89. The molecule has 2 aromatic heterocycles. The Morgan fingerprint density at radius 3 is 2.57 bits per heavy atom. The van der Waals surface area contributed by atoms with Crippen molar-refractivity contribution in [2.45, 2.75) is 32.1 Å². The maximum atomic E-state index is 14.4. The molecule has 0 fully saturated rings. The average molecular weight is 661 g/mol. The minimum absolute atomic E-state index is 0.0119. The Morgan fingerprint density at radius 1 is 1.06 bits per heavy atom. The predicted molar refractivity (Wildman–Crippen MR) is 157 cm³/mol. The van der Waals surface area contributed by atoms with Gasteiger partial charge in [-0.1, -0.05) is 13.0 Å². The van der Waals surface area contributed by atoms with Crippen molar-refractivity contribution < 1.29 is 46.1 Å². The molecule has 3 heterocycles. The number of carbonyl (C=O) groups excluding carboxylic acids is 1. The molecule has 0 amide bonds. The summed E-state index contributed by atoms with van der Waals surface area (Å²) in [5, 5.41) is 14.5. The third-order valence-electron chi connectivity index (χ3n) is 6.89. The van der Waals surface area contributed by atoms with Gasteiger partial charge in [0.25, 0.3) is 0 Å². The number of halogens is 5. The monoisotopic (exact) mass is 660 g/mol. The maximum Gasteiger partial charge on any atom is 0.417 e. The number of carbonyl (C=O) groups is 1. The molecule has 1 aliphatic heterocycles. The van der Waals surface area contributed by atoms with Gasteiger partial charge in [-0.25, -0.2) is 28.5 Å². The molecule has 5 rings (SSSR count). The van der Waals surface area contributed by atoms with Gasteiger partial charge in [0.05, 0.1) is 61.7 Å². The zero-order valence-corrected chi connectivity index (χ0v) is 24.9. The molecule has 0 saturated heterocycles. The minimum Gasteiger partial charge on any atom is -0.494 e. The maximum absolute atomic E-state index is 14.4. The molecule has 4 aromatic rings. The minimum atomic E-state index is -4.73. The number of nitrogens with one attached hydrogen (secondary N) is 1. The number of ether oxygens (including phenoxy) is 3. The number of esters is 1. The van der Waals surface area contributed by atoms with E-state index >= 15 is 0 Å². The fraction of sp³-hybridized carbons (Fsp3) is 0.323. The van der Waals surface area contributed by atoms with Crippen molar-refractivity contribution in [1.29, 1.82) is 0 Å². The number of hydrogen-bond donors (Lipinski definition) is 2. The average Bonchev–Trinajstić information content (AvgIpc) is 3.48. The summed E-state index contributed by atoms with van der Waals surface area (Å²) in [7, 11) is 0. The Balaban J connectivity index is 1.44. The van der Waals surface area contributed by atoms with Crippen LogP contribution < -0.4 is 4.74 Å². The molecule has 2 N–H and O–H groups in total. The number of aromatic amines is 1. The standard InChI is InChI=1S/C31H29F5N6O5/c1-2-9-46-19-6-7-20(22(13-19)31(34,35)36)28-37-14-18(15-38-28)27(30(44)47-12-11-45-10-8-43)42-17-25-24(16-39-42)40-29(41-25)21-4-3-5-23(32)26(21)33/h3-7,13-16,27,43H,2,8-12,17H2,1H3,(H,40,41). The summed E-state index contributed by atoms with van der Waals surface area (Å²) in [4.78, 5) is 28.9. The van der Waals surface area contributed by atoms with Gasteiger partial charge in [0.15, 0.2) is 23.5 Å². The van der Waals surface area contributed by atoms with Gasteiger partial charge < -0.3 is 24.3 Å². The molecule has 0 spiro atoms. The van der Waals surface area contributed by atoms with Crippen LogP contribution in [0.25, 0.3) is 22.8 Å². The van der Waals surface area contributed by atoms with Crippen molar-refractivity contribution in [3.05, 3.63) is 82.9 Å². The number of fused-ring (bicyclic) bond motifs is 1. The highest BCUT2D eigenvalue weighted by Crippen LogP contribution is 2.38. The number of aliphatic hydroxyl groups is 1. The molecule has 1 unspecified atom stereocenters. The summed E-state index contributed by atoms with van der Waals surface area (Å²) >= 11 is 0. The third kappa shape index (κ3) is 7.72. The second kappa shape index (κ2) is 14.6. The molecule has 1 aliphatic rings. The molecule has 47 heavy (non-hydrogen) atoms. The van der Waals surface area contributed by atoms with E-state index in [1.54, 1.807) is 0 Å². The lowest BCUT2D eigenvalue weighted by Crippen LogP contribution is -2.34. The van der Waals surface area contributed by atoms with Crippen molar-refractivity contribution in [2.24, 2.45) is 5.10 Å². The molecule has 0 aliphatic carbocycles. The summed E-state index contributed by atoms with van der Waals surface area (Å²) in [6, 6.07) is 5.87. The summed E-state index contributed by atoms with van der Waals surface area (Å²) in [6.45, 7) is 1.60. The number of hydrogen-bond acceptors (Lipinski definition) is 10. The van der Waals surface area contributed by atoms with Crippen LogP contribution in [-0.2, 0) is 27.0 Å². The van der Waals surface area contributed by atoms with E-state index in [2.05, 4.69) is 25.0 Å². The van der Waals surface area contributed by atoms with Gasteiger partial charge in [-0.15, -0.1) is 0 Å². The van der Waals surface area contributed by atoms with E-state index in [0.717, 1.165) is 12.1 Å². The zero-order valence-electron chi connectivity index (χ0n) is 24.9. The molecule has 16 heteroatoms. The number of nitrogens with zero attached hydrogens (tertiary/aromatic N) is 5. The molecule has 2 aromatic carbocycles. The van der Waals surface area contributed by atoms with E-state index < -0.39 is 35.4 Å².